The van der Waals surface area contributed by atoms with E-state index in [2.05, 4.69) is 26.1 Å². The maximum atomic E-state index is 12.0. The first-order valence-corrected chi connectivity index (χ1v) is 9.01. The van der Waals surface area contributed by atoms with Crippen molar-refractivity contribution >= 4 is 5.57 Å². The van der Waals surface area contributed by atoms with E-state index in [9.17, 15) is 13.2 Å². The predicted molar refractivity (Wildman–Crippen MR) is 114 cm³/mol. The van der Waals surface area contributed by atoms with Crippen molar-refractivity contribution in [1.82, 2.24) is 0 Å². The number of ether oxygens (including phenoxy) is 1. The number of alkyl halides is 3. The quantitative estimate of drug-likeness (QED) is 0.480. The molecule has 0 N–H and O–H groups in total. The summed E-state index contributed by atoms with van der Waals surface area (Å²) in [6.45, 7) is 17.1. The van der Waals surface area contributed by atoms with Crippen molar-refractivity contribution < 1.29 is 17.9 Å². The van der Waals surface area contributed by atoms with Gasteiger partial charge >= 0.3 is 6.18 Å². The molecule has 0 spiro atoms. The molecule has 0 aliphatic carbocycles. The highest BCUT2D eigenvalue weighted by molar-refractivity contribution is 5.63. The van der Waals surface area contributed by atoms with Gasteiger partial charge in [-0.2, -0.15) is 13.2 Å². The number of benzene rings is 2. The fourth-order valence-electron chi connectivity index (χ4n) is 1.98. The zero-order valence-electron chi connectivity index (χ0n) is 17.7. The van der Waals surface area contributed by atoms with Crippen LogP contribution in [-0.2, 0) is 6.18 Å². The Kier molecular flexibility index (Phi) is 11.0. The lowest BCUT2D eigenvalue weighted by Crippen LogP contribution is -2.06. The number of aryl methyl sites for hydroxylation is 2. The molecule has 154 valence electrons. The van der Waals surface area contributed by atoms with Crippen LogP contribution in [0.5, 0.6) is 5.75 Å². The summed E-state index contributed by atoms with van der Waals surface area (Å²) in [5.74, 6) is 0.926. The van der Waals surface area contributed by atoms with Gasteiger partial charge in [-0.1, -0.05) is 55.0 Å². The number of halogens is 3. The van der Waals surface area contributed by atoms with Gasteiger partial charge < -0.3 is 4.74 Å². The van der Waals surface area contributed by atoms with E-state index >= 15 is 0 Å². The van der Waals surface area contributed by atoms with Gasteiger partial charge in [-0.15, -0.1) is 6.58 Å². The smallest absolute Gasteiger partial charge is 0.416 e. The highest BCUT2D eigenvalue weighted by Crippen LogP contribution is 2.31. The third-order valence-electron chi connectivity index (χ3n) is 3.95. The lowest BCUT2D eigenvalue weighted by molar-refractivity contribution is -0.138. The van der Waals surface area contributed by atoms with E-state index in [1.165, 1.54) is 24.6 Å². The van der Waals surface area contributed by atoms with Crippen LogP contribution >= 0.6 is 0 Å². The van der Waals surface area contributed by atoms with Crippen molar-refractivity contribution in [2.24, 2.45) is 0 Å². The van der Waals surface area contributed by atoms with Crippen LogP contribution in [0.2, 0.25) is 0 Å². The summed E-state index contributed by atoms with van der Waals surface area (Å²) in [7, 11) is 1.69. The Bertz CT molecular complexity index is 774. The van der Waals surface area contributed by atoms with Crippen molar-refractivity contribution in [1.29, 1.82) is 0 Å². The molecule has 0 amide bonds. The molecule has 4 heteroatoms. The van der Waals surface area contributed by atoms with Crippen LogP contribution in [0.1, 0.15) is 49.4 Å². The van der Waals surface area contributed by atoms with Crippen LogP contribution in [0.4, 0.5) is 13.2 Å². The number of rotatable bonds is 3. The Labute approximate surface area is 167 Å². The van der Waals surface area contributed by atoms with E-state index in [0.717, 1.165) is 34.9 Å². The SMILES string of the molecule is C=C(C)CC.C=C(C)c1ccc(C)c(OC)c1.Cc1ccccc1C(F)(F)F. The van der Waals surface area contributed by atoms with E-state index in [0.29, 0.717) is 0 Å². The van der Waals surface area contributed by atoms with E-state index < -0.39 is 11.7 Å². The lowest BCUT2D eigenvalue weighted by Gasteiger charge is -2.08. The Hall–Kier alpha value is -2.49. The standard InChI is InChI=1S/C11H14O.C8H7F3.C5H10/c1-8(2)10-6-5-9(3)11(7-10)12-4;1-6-4-2-3-5-7(6)8(9,10)11;1-4-5(2)3/h5-7H,1H2,2-4H3;2-5H,1H3;2,4H2,1,3H3. The molecule has 0 unspecified atom stereocenters. The van der Waals surface area contributed by atoms with Gasteiger partial charge in [-0.05, 0) is 62.9 Å². The van der Waals surface area contributed by atoms with Crippen LogP contribution in [0, 0.1) is 13.8 Å². The average Bonchev–Trinajstić information content (AvgIpc) is 2.62. The topological polar surface area (TPSA) is 9.23 Å². The zero-order valence-corrected chi connectivity index (χ0v) is 17.7. The van der Waals surface area contributed by atoms with Crippen molar-refractivity contribution in [3.05, 3.63) is 83.4 Å². The first-order valence-electron chi connectivity index (χ1n) is 9.01. The van der Waals surface area contributed by atoms with Crippen molar-refractivity contribution in [2.45, 2.75) is 47.2 Å². The number of allylic oxidation sites excluding steroid dienone is 2. The highest BCUT2D eigenvalue weighted by atomic mass is 19.4. The minimum Gasteiger partial charge on any atom is -0.496 e. The van der Waals surface area contributed by atoms with E-state index in [1.807, 2.05) is 32.9 Å². The second-order valence-corrected chi connectivity index (χ2v) is 6.59. The van der Waals surface area contributed by atoms with Crippen LogP contribution in [0.15, 0.2) is 61.2 Å². The Morgan fingerprint density at radius 2 is 1.50 bits per heavy atom. The molecular weight excluding hydrogens is 361 g/mol. The Morgan fingerprint density at radius 3 is 1.86 bits per heavy atom. The van der Waals surface area contributed by atoms with Gasteiger partial charge in [0.1, 0.15) is 5.75 Å². The average molecular weight is 393 g/mol. The van der Waals surface area contributed by atoms with Crippen LogP contribution in [-0.4, -0.2) is 7.11 Å². The monoisotopic (exact) mass is 392 g/mol. The first-order chi connectivity index (χ1) is 12.9. The molecule has 1 nitrogen and oxygen atoms in total. The molecule has 2 aromatic carbocycles. The highest BCUT2D eigenvalue weighted by Gasteiger charge is 2.31. The molecule has 28 heavy (non-hydrogen) atoms. The Morgan fingerprint density at radius 1 is 0.964 bits per heavy atom. The summed E-state index contributed by atoms with van der Waals surface area (Å²) >= 11 is 0. The zero-order chi connectivity index (χ0) is 21.9. The predicted octanol–water partition coefficient (Wildman–Crippen LogP) is 8.02. The summed E-state index contributed by atoms with van der Waals surface area (Å²) in [4.78, 5) is 0. The second-order valence-electron chi connectivity index (χ2n) is 6.59. The van der Waals surface area contributed by atoms with Gasteiger partial charge in [0.25, 0.3) is 0 Å². The molecule has 0 saturated carbocycles. The number of hydrogen-bond donors (Lipinski definition) is 0. The molecule has 0 saturated heterocycles. The van der Waals surface area contributed by atoms with Crippen molar-refractivity contribution in [3.8, 4) is 5.75 Å². The second kappa shape index (κ2) is 12.1. The molecule has 0 atom stereocenters. The van der Waals surface area contributed by atoms with Gasteiger partial charge in [0.05, 0.1) is 12.7 Å². The summed E-state index contributed by atoms with van der Waals surface area (Å²) in [5.41, 5.74) is 4.32. The maximum Gasteiger partial charge on any atom is 0.416 e. The summed E-state index contributed by atoms with van der Waals surface area (Å²) in [6.07, 6.45) is -3.11. The minimum absolute atomic E-state index is 0.264. The molecule has 0 bridgehead atoms. The summed E-state index contributed by atoms with van der Waals surface area (Å²) in [6, 6.07) is 11.6. The molecule has 2 aromatic rings. The molecular formula is C24H31F3O. The molecule has 2 rings (SSSR count). The largest absolute Gasteiger partial charge is 0.496 e. The fourth-order valence-corrected chi connectivity index (χ4v) is 1.98. The van der Waals surface area contributed by atoms with Crippen molar-refractivity contribution in [3.63, 3.8) is 0 Å². The normalized spacial score (nSPS) is 10.0. The third kappa shape index (κ3) is 9.45. The first kappa shape index (κ1) is 25.5. The van der Waals surface area contributed by atoms with Gasteiger partial charge in [0.15, 0.2) is 0 Å². The number of hydrogen-bond acceptors (Lipinski definition) is 1. The van der Waals surface area contributed by atoms with Crippen LogP contribution in [0.25, 0.3) is 5.57 Å². The van der Waals surface area contributed by atoms with E-state index in [1.54, 1.807) is 13.2 Å². The third-order valence-corrected chi connectivity index (χ3v) is 3.95. The molecule has 0 aliphatic rings. The summed E-state index contributed by atoms with van der Waals surface area (Å²) < 4.78 is 41.3. The van der Waals surface area contributed by atoms with Gasteiger partial charge in [-0.25, -0.2) is 0 Å². The van der Waals surface area contributed by atoms with Crippen LogP contribution in [0.3, 0.4) is 0 Å². The maximum absolute atomic E-state index is 12.0. The number of methoxy groups -OCH3 is 1. The molecule has 0 radical (unpaired) electrons. The van der Waals surface area contributed by atoms with Crippen molar-refractivity contribution in [2.75, 3.05) is 7.11 Å². The van der Waals surface area contributed by atoms with Crippen LogP contribution < -0.4 is 4.74 Å². The lowest BCUT2D eigenvalue weighted by atomic mass is 10.1. The van der Waals surface area contributed by atoms with E-state index in [-0.39, 0.29) is 5.56 Å². The Balaban J connectivity index is 0.000000424. The molecule has 0 aromatic heterocycles. The van der Waals surface area contributed by atoms with Gasteiger partial charge in [0, 0.05) is 0 Å². The minimum atomic E-state index is -4.22. The fraction of sp³-hybridized carbons (Fsp3) is 0.333. The van der Waals surface area contributed by atoms with E-state index in [4.69, 9.17) is 4.74 Å². The molecule has 0 aliphatic heterocycles. The molecule has 0 heterocycles. The molecule has 0 fully saturated rings. The van der Waals surface area contributed by atoms with Gasteiger partial charge in [-0.3, -0.25) is 0 Å². The summed E-state index contributed by atoms with van der Waals surface area (Å²) in [5, 5.41) is 0. The van der Waals surface area contributed by atoms with Gasteiger partial charge in [0.2, 0.25) is 0 Å².